The molecule has 22 heavy (non-hydrogen) atoms. The minimum atomic E-state index is -0.462. The Kier molecular flexibility index (Phi) is 9.01. The Morgan fingerprint density at radius 3 is 1.86 bits per heavy atom. The zero-order valence-electron chi connectivity index (χ0n) is 16.0. The highest BCUT2D eigenvalue weighted by Gasteiger charge is 2.30. The second-order valence-corrected chi connectivity index (χ2v) is 7.58. The third kappa shape index (κ3) is 9.26. The number of carbonyl (C=O) groups excluding carboxylic acids is 1. The van der Waals surface area contributed by atoms with E-state index in [0.717, 1.165) is 32.7 Å². The molecule has 0 fully saturated rings. The van der Waals surface area contributed by atoms with Crippen molar-refractivity contribution in [2.24, 2.45) is 0 Å². The van der Waals surface area contributed by atoms with Gasteiger partial charge in [-0.25, -0.2) is 4.79 Å². The minimum absolute atomic E-state index is 0.245. The van der Waals surface area contributed by atoms with Crippen LogP contribution >= 0.6 is 0 Å². The van der Waals surface area contributed by atoms with Crippen molar-refractivity contribution in [3.63, 3.8) is 0 Å². The first-order chi connectivity index (χ1) is 10.0. The third-order valence-corrected chi connectivity index (χ3v) is 3.44. The summed E-state index contributed by atoms with van der Waals surface area (Å²) in [5.74, 6) is 0. The summed E-state index contributed by atoms with van der Waals surface area (Å²) in [5.41, 5.74) is -0.709. The second kappa shape index (κ2) is 9.36. The largest absolute Gasteiger partial charge is 0.444 e. The van der Waals surface area contributed by atoms with Gasteiger partial charge in [-0.05, 0) is 54.6 Å². The fourth-order valence-corrected chi connectivity index (χ4v) is 2.11. The molecule has 5 heteroatoms. The Morgan fingerprint density at radius 2 is 1.45 bits per heavy atom. The molecule has 0 unspecified atom stereocenters. The summed E-state index contributed by atoms with van der Waals surface area (Å²) in [4.78, 5) is 16.5. The number of hydrogen-bond donors (Lipinski definition) is 1. The maximum absolute atomic E-state index is 12.3. The highest BCUT2D eigenvalue weighted by atomic mass is 16.6. The molecule has 0 spiro atoms. The molecule has 0 radical (unpaired) electrons. The molecule has 1 amide bonds. The number of nitrogens with zero attached hydrogens (tertiary/aromatic N) is 2. The predicted molar refractivity (Wildman–Crippen MR) is 93.4 cm³/mol. The smallest absolute Gasteiger partial charge is 0.410 e. The lowest BCUT2D eigenvalue weighted by molar-refractivity contribution is 0.00663. The molecule has 0 saturated carbocycles. The highest BCUT2D eigenvalue weighted by molar-refractivity contribution is 5.69. The Bertz CT molecular complexity index is 315. The summed E-state index contributed by atoms with van der Waals surface area (Å²) in [6.45, 7) is 21.7. The van der Waals surface area contributed by atoms with E-state index in [1.807, 2.05) is 41.5 Å². The average molecular weight is 316 g/mol. The molecule has 0 aliphatic rings. The van der Waals surface area contributed by atoms with Crippen molar-refractivity contribution in [2.45, 2.75) is 66.5 Å². The van der Waals surface area contributed by atoms with E-state index in [0.29, 0.717) is 6.54 Å². The fraction of sp³-hybridized carbons (Fsp3) is 0.941. The van der Waals surface area contributed by atoms with Gasteiger partial charge in [0.2, 0.25) is 0 Å². The number of hydrogen-bond acceptors (Lipinski definition) is 4. The molecule has 0 rings (SSSR count). The van der Waals surface area contributed by atoms with Gasteiger partial charge in [-0.2, -0.15) is 0 Å². The third-order valence-electron chi connectivity index (χ3n) is 3.44. The molecule has 0 aliphatic carbocycles. The van der Waals surface area contributed by atoms with Crippen molar-refractivity contribution in [2.75, 3.05) is 39.3 Å². The molecule has 0 aliphatic heterocycles. The van der Waals surface area contributed by atoms with Gasteiger partial charge in [0.25, 0.3) is 0 Å². The molecule has 0 bridgehead atoms. The van der Waals surface area contributed by atoms with E-state index in [-0.39, 0.29) is 11.6 Å². The van der Waals surface area contributed by atoms with Crippen LogP contribution in [0.5, 0.6) is 0 Å². The first kappa shape index (κ1) is 21.2. The minimum Gasteiger partial charge on any atom is -0.444 e. The van der Waals surface area contributed by atoms with Crippen LogP contribution in [0.1, 0.15) is 55.4 Å². The average Bonchev–Trinajstić information content (AvgIpc) is 2.34. The van der Waals surface area contributed by atoms with Gasteiger partial charge in [0.15, 0.2) is 0 Å². The summed E-state index contributed by atoms with van der Waals surface area (Å²) >= 11 is 0. The summed E-state index contributed by atoms with van der Waals surface area (Å²) in [5, 5.41) is 3.41. The molecule has 132 valence electrons. The topological polar surface area (TPSA) is 44.8 Å². The van der Waals surface area contributed by atoms with Crippen LogP contribution in [0.25, 0.3) is 0 Å². The lowest BCUT2D eigenvalue weighted by Crippen LogP contribution is -2.50. The van der Waals surface area contributed by atoms with Gasteiger partial charge in [0.05, 0.1) is 0 Å². The van der Waals surface area contributed by atoms with Crippen molar-refractivity contribution >= 4 is 6.09 Å². The molecule has 0 atom stereocenters. The van der Waals surface area contributed by atoms with Crippen molar-refractivity contribution in [3.05, 3.63) is 0 Å². The SMILES string of the molecule is CCN(CC)CCNCCN(C(=O)OC(C)(C)C)C(C)(C)C. The Balaban J connectivity index is 4.31. The van der Waals surface area contributed by atoms with Crippen LogP contribution < -0.4 is 5.32 Å². The normalized spacial score (nSPS) is 12.6. The van der Waals surface area contributed by atoms with Crippen molar-refractivity contribution in [1.29, 1.82) is 0 Å². The van der Waals surface area contributed by atoms with E-state index >= 15 is 0 Å². The molecular formula is C17H37N3O2. The van der Waals surface area contributed by atoms with Crippen LogP contribution in [-0.2, 0) is 4.74 Å². The van der Waals surface area contributed by atoms with Gasteiger partial charge in [-0.1, -0.05) is 13.8 Å². The van der Waals surface area contributed by atoms with Crippen LogP contribution in [0.4, 0.5) is 4.79 Å². The Morgan fingerprint density at radius 1 is 0.955 bits per heavy atom. The van der Waals surface area contributed by atoms with E-state index < -0.39 is 5.60 Å². The van der Waals surface area contributed by atoms with Gasteiger partial charge in [-0.15, -0.1) is 0 Å². The lowest BCUT2D eigenvalue weighted by atomic mass is 10.1. The van der Waals surface area contributed by atoms with E-state index in [9.17, 15) is 4.79 Å². The monoisotopic (exact) mass is 315 g/mol. The highest BCUT2D eigenvalue weighted by Crippen LogP contribution is 2.17. The van der Waals surface area contributed by atoms with E-state index in [1.165, 1.54) is 0 Å². The molecule has 0 aromatic rings. The maximum Gasteiger partial charge on any atom is 0.410 e. The Hall–Kier alpha value is -0.810. The van der Waals surface area contributed by atoms with Gasteiger partial charge in [0.1, 0.15) is 5.60 Å². The maximum atomic E-state index is 12.3. The van der Waals surface area contributed by atoms with Gasteiger partial charge < -0.3 is 19.9 Å². The molecule has 0 saturated heterocycles. The zero-order chi connectivity index (χ0) is 17.4. The van der Waals surface area contributed by atoms with Gasteiger partial charge in [0, 0.05) is 31.7 Å². The van der Waals surface area contributed by atoms with Gasteiger partial charge in [-0.3, -0.25) is 0 Å². The number of likely N-dealkylation sites (N-methyl/N-ethyl adjacent to an activating group) is 1. The summed E-state index contributed by atoms with van der Waals surface area (Å²) in [7, 11) is 0. The summed E-state index contributed by atoms with van der Waals surface area (Å²) < 4.78 is 5.51. The molecule has 1 N–H and O–H groups in total. The molecule has 0 aromatic heterocycles. The van der Waals surface area contributed by atoms with Gasteiger partial charge >= 0.3 is 6.09 Å². The number of ether oxygens (including phenoxy) is 1. The lowest BCUT2D eigenvalue weighted by Gasteiger charge is -2.37. The quantitative estimate of drug-likeness (QED) is 0.700. The van der Waals surface area contributed by atoms with Crippen LogP contribution in [0.2, 0.25) is 0 Å². The second-order valence-electron chi connectivity index (χ2n) is 7.58. The Labute approximate surface area is 137 Å². The first-order valence-corrected chi connectivity index (χ1v) is 8.45. The van der Waals surface area contributed by atoms with E-state index in [2.05, 4.69) is 24.1 Å². The standard InChI is InChI=1S/C17H37N3O2/c1-9-19(10-2)13-11-18-12-14-20(16(3,4)5)15(21)22-17(6,7)8/h18H,9-14H2,1-8H3. The molecule has 0 heterocycles. The van der Waals surface area contributed by atoms with Crippen LogP contribution in [0.3, 0.4) is 0 Å². The summed E-state index contributed by atoms with van der Waals surface area (Å²) in [6, 6.07) is 0. The first-order valence-electron chi connectivity index (χ1n) is 8.45. The molecule has 5 nitrogen and oxygen atoms in total. The number of rotatable bonds is 8. The van der Waals surface area contributed by atoms with Crippen LogP contribution in [0.15, 0.2) is 0 Å². The fourth-order valence-electron chi connectivity index (χ4n) is 2.11. The summed E-state index contributed by atoms with van der Waals surface area (Å²) in [6.07, 6.45) is -0.245. The number of amides is 1. The van der Waals surface area contributed by atoms with Crippen molar-refractivity contribution in [3.8, 4) is 0 Å². The van der Waals surface area contributed by atoms with Crippen LogP contribution in [-0.4, -0.2) is 66.3 Å². The molecular weight excluding hydrogens is 278 g/mol. The van der Waals surface area contributed by atoms with Crippen LogP contribution in [0, 0.1) is 0 Å². The van der Waals surface area contributed by atoms with Crippen molar-refractivity contribution in [1.82, 2.24) is 15.1 Å². The molecule has 0 aromatic carbocycles. The van der Waals surface area contributed by atoms with E-state index in [1.54, 1.807) is 4.90 Å². The van der Waals surface area contributed by atoms with E-state index in [4.69, 9.17) is 4.74 Å². The number of carbonyl (C=O) groups is 1. The zero-order valence-corrected chi connectivity index (χ0v) is 16.0. The predicted octanol–water partition coefficient (Wildman–Crippen LogP) is 2.95. The van der Waals surface area contributed by atoms with Crippen molar-refractivity contribution < 1.29 is 9.53 Å². The number of nitrogens with one attached hydrogen (secondary N) is 1.